The smallest absolute Gasteiger partial charge is 0.215 e. The van der Waals surface area contributed by atoms with Gasteiger partial charge in [-0.1, -0.05) is 13.8 Å². The largest absolute Gasteiger partial charge is 0.355 e. The number of hydrogen-bond donors (Lipinski definition) is 1. The minimum Gasteiger partial charge on any atom is -0.355 e. The molecule has 1 N–H and O–H groups in total. The molecule has 0 unspecified atom stereocenters. The molecule has 1 rings (SSSR count). The second-order valence-electron chi connectivity index (χ2n) is 5.09. The lowest BCUT2D eigenvalue weighted by Gasteiger charge is -2.22. The summed E-state index contributed by atoms with van der Waals surface area (Å²) in [5, 5.41) is 6.15. The fourth-order valence-electron chi connectivity index (χ4n) is 2.22. The Morgan fingerprint density at radius 3 is 2.46 bits per heavy atom. The number of aryl methyl sites for hydroxylation is 1. The summed E-state index contributed by atoms with van der Waals surface area (Å²) in [6.07, 6.45) is 0. The number of hydrogen-bond acceptors (Lipinski definition) is 5. The number of nitrogens with one attached hydrogen (secondary N) is 1. The average Bonchev–Trinajstić information content (AvgIpc) is 2.89. The lowest BCUT2D eigenvalue weighted by atomic mass is 10.4. The molecule has 1 aromatic rings. The summed E-state index contributed by atoms with van der Waals surface area (Å²) >= 11 is 1.61. The van der Waals surface area contributed by atoms with Crippen LogP contribution in [0.25, 0.3) is 0 Å². The molecule has 0 saturated heterocycles. The number of thiazole rings is 1. The molecule has 0 amide bonds. The summed E-state index contributed by atoms with van der Waals surface area (Å²) in [5.41, 5.74) is 0.980. The Kier molecular flexibility index (Phi) is 11.0. The Morgan fingerprint density at radius 2 is 2.00 bits per heavy atom. The molecule has 0 bridgehead atoms. The summed E-state index contributed by atoms with van der Waals surface area (Å²) in [6.45, 7) is 7.61. The van der Waals surface area contributed by atoms with Crippen LogP contribution in [0.4, 0.5) is 0 Å². The Labute approximate surface area is 166 Å². The number of aliphatic imine (C=N–C) groups is 1. The Balaban J connectivity index is 0.00000529. The number of rotatable bonds is 8. The van der Waals surface area contributed by atoms with Gasteiger partial charge in [0.2, 0.25) is 10.0 Å². The lowest BCUT2D eigenvalue weighted by molar-refractivity contribution is 0.443. The van der Waals surface area contributed by atoms with Gasteiger partial charge < -0.3 is 10.2 Å². The third-order valence-electron chi connectivity index (χ3n) is 3.38. The molecule has 24 heavy (non-hydrogen) atoms. The van der Waals surface area contributed by atoms with Crippen LogP contribution in [0.1, 0.15) is 24.5 Å². The first-order valence-corrected chi connectivity index (χ1v) is 10.1. The van der Waals surface area contributed by atoms with Crippen LogP contribution in [0.15, 0.2) is 10.4 Å². The van der Waals surface area contributed by atoms with E-state index in [-0.39, 0.29) is 29.7 Å². The van der Waals surface area contributed by atoms with Crippen molar-refractivity contribution in [1.29, 1.82) is 0 Å². The number of nitrogens with zero attached hydrogens (tertiary/aromatic N) is 4. The molecular weight excluding hydrogens is 461 g/mol. The highest BCUT2D eigenvalue weighted by atomic mass is 127. The van der Waals surface area contributed by atoms with Gasteiger partial charge in [0.15, 0.2) is 5.96 Å². The van der Waals surface area contributed by atoms with Gasteiger partial charge in [-0.2, -0.15) is 0 Å². The minimum absolute atomic E-state index is 0. The molecule has 0 aliphatic carbocycles. The molecule has 0 fully saturated rings. The summed E-state index contributed by atoms with van der Waals surface area (Å²) < 4.78 is 25.8. The van der Waals surface area contributed by atoms with Gasteiger partial charge in [-0.25, -0.2) is 17.7 Å². The van der Waals surface area contributed by atoms with E-state index in [1.165, 1.54) is 4.31 Å². The number of aromatic nitrogens is 1. The van der Waals surface area contributed by atoms with E-state index in [1.54, 1.807) is 18.4 Å². The monoisotopic (exact) mass is 489 g/mol. The van der Waals surface area contributed by atoms with Crippen LogP contribution in [0.2, 0.25) is 0 Å². The number of halogens is 1. The van der Waals surface area contributed by atoms with Crippen molar-refractivity contribution in [2.24, 2.45) is 4.99 Å². The molecule has 0 saturated carbocycles. The van der Waals surface area contributed by atoms with Crippen LogP contribution in [0, 0.1) is 6.92 Å². The van der Waals surface area contributed by atoms with Gasteiger partial charge in [0.25, 0.3) is 0 Å². The predicted octanol–water partition coefficient (Wildman–Crippen LogP) is 1.75. The van der Waals surface area contributed by atoms with E-state index in [2.05, 4.69) is 15.3 Å². The van der Waals surface area contributed by atoms with Crippen molar-refractivity contribution >= 4 is 51.3 Å². The van der Waals surface area contributed by atoms with Gasteiger partial charge in [-0.15, -0.1) is 35.3 Å². The summed E-state index contributed by atoms with van der Waals surface area (Å²) in [6, 6.07) is 0. The molecule has 1 aromatic heterocycles. The highest BCUT2D eigenvalue weighted by Gasteiger charge is 2.18. The standard InChI is InChI=1S/C14H27N5O2S2.HI/c1-6-19(7-2)23(20,21)9-8-16-14(15-4)18(5)10-13-11-22-12(3)17-13;/h11H,6-10H2,1-5H3,(H,15,16);1H. The Bertz CT molecular complexity index is 614. The normalized spacial score (nSPS) is 12.2. The third kappa shape index (κ3) is 7.19. The van der Waals surface area contributed by atoms with Gasteiger partial charge in [-0.3, -0.25) is 4.99 Å². The predicted molar refractivity (Wildman–Crippen MR) is 112 cm³/mol. The van der Waals surface area contributed by atoms with E-state index in [0.717, 1.165) is 10.7 Å². The molecule has 140 valence electrons. The SMILES string of the molecule is CCN(CC)S(=O)(=O)CCNC(=NC)N(C)Cc1csc(C)n1.I. The van der Waals surface area contributed by atoms with Gasteiger partial charge in [0, 0.05) is 39.1 Å². The summed E-state index contributed by atoms with van der Waals surface area (Å²) in [5.74, 6) is 0.711. The van der Waals surface area contributed by atoms with Gasteiger partial charge in [-0.05, 0) is 6.92 Å². The first-order valence-electron chi connectivity index (χ1n) is 7.64. The minimum atomic E-state index is -3.22. The van der Waals surface area contributed by atoms with E-state index >= 15 is 0 Å². The molecule has 0 spiro atoms. The van der Waals surface area contributed by atoms with Crippen molar-refractivity contribution in [1.82, 2.24) is 19.5 Å². The summed E-state index contributed by atoms with van der Waals surface area (Å²) in [4.78, 5) is 10.5. The molecule has 0 radical (unpaired) electrons. The highest BCUT2D eigenvalue weighted by Crippen LogP contribution is 2.09. The summed E-state index contributed by atoms with van der Waals surface area (Å²) in [7, 11) is 0.369. The maximum atomic E-state index is 12.2. The van der Waals surface area contributed by atoms with Crippen molar-refractivity contribution < 1.29 is 8.42 Å². The molecule has 0 atom stereocenters. The van der Waals surface area contributed by atoms with Gasteiger partial charge >= 0.3 is 0 Å². The zero-order valence-electron chi connectivity index (χ0n) is 14.9. The second kappa shape index (κ2) is 11.2. The topological polar surface area (TPSA) is 77.9 Å². The fourth-order valence-corrected chi connectivity index (χ4v) is 4.23. The van der Waals surface area contributed by atoms with Crippen molar-refractivity contribution in [2.75, 3.05) is 39.5 Å². The molecule has 0 aliphatic rings. The fraction of sp³-hybridized carbons (Fsp3) is 0.714. The van der Waals surface area contributed by atoms with E-state index in [1.807, 2.05) is 38.1 Å². The zero-order valence-corrected chi connectivity index (χ0v) is 18.9. The van der Waals surface area contributed by atoms with Crippen molar-refractivity contribution in [2.45, 2.75) is 27.3 Å². The van der Waals surface area contributed by atoms with Crippen LogP contribution in [0.3, 0.4) is 0 Å². The van der Waals surface area contributed by atoms with E-state index < -0.39 is 10.0 Å². The van der Waals surface area contributed by atoms with Crippen molar-refractivity contribution in [3.63, 3.8) is 0 Å². The molecule has 0 aliphatic heterocycles. The quantitative estimate of drug-likeness (QED) is 0.342. The maximum absolute atomic E-state index is 12.2. The van der Waals surface area contributed by atoms with Crippen LogP contribution < -0.4 is 5.32 Å². The second-order valence-corrected chi connectivity index (χ2v) is 8.24. The van der Waals surface area contributed by atoms with E-state index in [0.29, 0.717) is 32.1 Å². The van der Waals surface area contributed by atoms with Crippen LogP contribution in [-0.4, -0.2) is 68.0 Å². The first-order chi connectivity index (χ1) is 10.8. The number of sulfonamides is 1. The van der Waals surface area contributed by atoms with E-state index in [9.17, 15) is 8.42 Å². The third-order valence-corrected chi connectivity index (χ3v) is 6.23. The van der Waals surface area contributed by atoms with Gasteiger partial charge in [0.05, 0.1) is 23.0 Å². The van der Waals surface area contributed by atoms with Crippen LogP contribution in [0.5, 0.6) is 0 Å². The maximum Gasteiger partial charge on any atom is 0.215 e. The number of guanidine groups is 1. The first kappa shape index (κ1) is 23.5. The van der Waals surface area contributed by atoms with Crippen LogP contribution in [-0.2, 0) is 16.6 Å². The molecular formula is C14H28IN5O2S2. The highest BCUT2D eigenvalue weighted by molar-refractivity contribution is 14.0. The van der Waals surface area contributed by atoms with Crippen molar-refractivity contribution in [3.05, 3.63) is 16.1 Å². The molecule has 7 nitrogen and oxygen atoms in total. The molecule has 0 aromatic carbocycles. The Hall–Kier alpha value is -0.460. The Morgan fingerprint density at radius 1 is 1.38 bits per heavy atom. The van der Waals surface area contributed by atoms with E-state index in [4.69, 9.17) is 0 Å². The molecule has 10 heteroatoms. The zero-order chi connectivity index (χ0) is 17.5. The average molecular weight is 489 g/mol. The van der Waals surface area contributed by atoms with Crippen LogP contribution >= 0.6 is 35.3 Å². The molecule has 1 heterocycles. The lowest BCUT2D eigenvalue weighted by Crippen LogP contribution is -2.42. The van der Waals surface area contributed by atoms with Crippen molar-refractivity contribution in [3.8, 4) is 0 Å². The van der Waals surface area contributed by atoms with Gasteiger partial charge in [0.1, 0.15) is 0 Å².